The molecular formula is C13H19NO2S. The first-order valence-corrected chi connectivity index (χ1v) is 6.47. The number of aryl methyl sites for hydroxylation is 1. The van der Waals surface area contributed by atoms with Gasteiger partial charge in [0.2, 0.25) is 0 Å². The monoisotopic (exact) mass is 253 g/mol. The second kappa shape index (κ2) is 5.45. The zero-order chi connectivity index (χ0) is 13.1. The number of ether oxygens (including phenoxy) is 1. The normalized spacial score (nSPS) is 11.3. The fourth-order valence-electron chi connectivity index (χ4n) is 1.37. The van der Waals surface area contributed by atoms with Crippen LogP contribution in [0.3, 0.4) is 0 Å². The van der Waals surface area contributed by atoms with Crippen LogP contribution in [0.5, 0.6) is 0 Å². The molecule has 1 aromatic carbocycles. The van der Waals surface area contributed by atoms with Gasteiger partial charge in [-0.1, -0.05) is 0 Å². The Morgan fingerprint density at radius 3 is 2.53 bits per heavy atom. The van der Waals surface area contributed by atoms with Gasteiger partial charge in [0, 0.05) is 10.6 Å². The number of thioether (sulfide) groups is 1. The van der Waals surface area contributed by atoms with E-state index < -0.39 is 5.60 Å². The summed E-state index contributed by atoms with van der Waals surface area (Å²) in [6.07, 6.45) is 0. The van der Waals surface area contributed by atoms with E-state index in [1.54, 1.807) is 0 Å². The van der Waals surface area contributed by atoms with E-state index in [1.165, 1.54) is 11.8 Å². The van der Waals surface area contributed by atoms with Crippen molar-refractivity contribution in [2.45, 2.75) is 38.2 Å². The Morgan fingerprint density at radius 1 is 1.35 bits per heavy atom. The summed E-state index contributed by atoms with van der Waals surface area (Å²) in [6, 6.07) is 5.77. The minimum atomic E-state index is -0.427. The molecule has 1 aromatic rings. The van der Waals surface area contributed by atoms with E-state index >= 15 is 0 Å². The van der Waals surface area contributed by atoms with E-state index in [9.17, 15) is 4.79 Å². The summed E-state index contributed by atoms with van der Waals surface area (Å²) in [6.45, 7) is 7.56. The fraction of sp³-hybridized carbons (Fsp3) is 0.462. The summed E-state index contributed by atoms with van der Waals surface area (Å²) in [5.74, 6) is 0.0998. The predicted octanol–water partition coefficient (Wildman–Crippen LogP) is 3.01. The van der Waals surface area contributed by atoms with Gasteiger partial charge in [-0.15, -0.1) is 11.8 Å². The van der Waals surface area contributed by atoms with Gasteiger partial charge in [-0.05, 0) is 51.5 Å². The lowest BCUT2D eigenvalue weighted by atomic mass is 10.2. The molecule has 1 rings (SSSR count). The smallest absolute Gasteiger partial charge is 0.316 e. The van der Waals surface area contributed by atoms with Crippen LogP contribution in [0.4, 0.5) is 5.69 Å². The number of nitrogen functional groups attached to an aromatic ring is 1. The lowest BCUT2D eigenvalue weighted by Crippen LogP contribution is -2.24. The highest BCUT2D eigenvalue weighted by molar-refractivity contribution is 8.00. The van der Waals surface area contributed by atoms with Crippen molar-refractivity contribution in [2.75, 3.05) is 11.5 Å². The van der Waals surface area contributed by atoms with E-state index in [4.69, 9.17) is 10.5 Å². The molecule has 0 spiro atoms. The van der Waals surface area contributed by atoms with Crippen LogP contribution in [0, 0.1) is 6.92 Å². The van der Waals surface area contributed by atoms with Crippen LogP contribution in [-0.2, 0) is 9.53 Å². The number of rotatable bonds is 3. The Labute approximate surface area is 107 Å². The molecule has 0 aliphatic rings. The molecule has 0 aliphatic carbocycles. The number of anilines is 1. The molecule has 94 valence electrons. The molecule has 0 bridgehead atoms. The van der Waals surface area contributed by atoms with Gasteiger partial charge in [-0.2, -0.15) is 0 Å². The first-order valence-electron chi connectivity index (χ1n) is 5.48. The molecule has 3 nitrogen and oxygen atoms in total. The number of hydrogen-bond acceptors (Lipinski definition) is 4. The van der Waals surface area contributed by atoms with Gasteiger partial charge in [0.15, 0.2) is 0 Å². The van der Waals surface area contributed by atoms with Gasteiger partial charge < -0.3 is 10.5 Å². The standard InChI is InChI=1S/C13H19NO2S/c1-9-5-10(14)7-11(6-9)17-8-12(15)16-13(2,3)4/h5-7H,8,14H2,1-4H3. The summed E-state index contributed by atoms with van der Waals surface area (Å²) >= 11 is 1.44. The largest absolute Gasteiger partial charge is 0.459 e. The number of carbonyl (C=O) groups is 1. The fourth-order valence-corrected chi connectivity index (χ4v) is 2.21. The lowest BCUT2D eigenvalue weighted by Gasteiger charge is -2.19. The number of nitrogens with two attached hydrogens (primary N) is 1. The highest BCUT2D eigenvalue weighted by Gasteiger charge is 2.16. The summed E-state index contributed by atoms with van der Waals surface area (Å²) < 4.78 is 5.23. The average molecular weight is 253 g/mol. The van der Waals surface area contributed by atoms with Crippen LogP contribution in [-0.4, -0.2) is 17.3 Å². The third kappa shape index (κ3) is 5.63. The summed E-state index contributed by atoms with van der Waals surface area (Å²) in [5.41, 5.74) is 7.12. The van der Waals surface area contributed by atoms with E-state index in [0.29, 0.717) is 5.75 Å². The van der Waals surface area contributed by atoms with E-state index in [0.717, 1.165) is 16.1 Å². The van der Waals surface area contributed by atoms with Crippen LogP contribution in [0.15, 0.2) is 23.1 Å². The van der Waals surface area contributed by atoms with Gasteiger partial charge >= 0.3 is 5.97 Å². The molecule has 4 heteroatoms. The van der Waals surface area contributed by atoms with Gasteiger partial charge in [-0.25, -0.2) is 0 Å². The molecule has 0 fully saturated rings. The van der Waals surface area contributed by atoms with Crippen molar-refractivity contribution in [3.8, 4) is 0 Å². The van der Waals surface area contributed by atoms with Crippen molar-refractivity contribution in [3.63, 3.8) is 0 Å². The first kappa shape index (κ1) is 13.9. The van der Waals surface area contributed by atoms with Crippen molar-refractivity contribution >= 4 is 23.4 Å². The second-order valence-electron chi connectivity index (χ2n) is 4.95. The third-order valence-electron chi connectivity index (χ3n) is 1.85. The number of benzene rings is 1. The second-order valence-corrected chi connectivity index (χ2v) is 6.00. The minimum Gasteiger partial charge on any atom is -0.459 e. The van der Waals surface area contributed by atoms with Gasteiger partial charge in [0.1, 0.15) is 5.60 Å². The maximum absolute atomic E-state index is 11.5. The van der Waals surface area contributed by atoms with E-state index in [1.807, 2.05) is 45.9 Å². The zero-order valence-corrected chi connectivity index (χ0v) is 11.6. The SMILES string of the molecule is Cc1cc(N)cc(SCC(=O)OC(C)(C)C)c1. The summed E-state index contributed by atoms with van der Waals surface area (Å²) in [4.78, 5) is 12.5. The van der Waals surface area contributed by atoms with Crippen molar-refractivity contribution in [3.05, 3.63) is 23.8 Å². The Balaban J connectivity index is 2.53. The molecule has 0 saturated heterocycles. The number of carbonyl (C=O) groups excluding carboxylic acids is 1. The van der Waals surface area contributed by atoms with E-state index in [2.05, 4.69) is 0 Å². The molecular weight excluding hydrogens is 234 g/mol. The summed E-state index contributed by atoms with van der Waals surface area (Å²) in [7, 11) is 0. The lowest BCUT2D eigenvalue weighted by molar-refractivity contribution is -0.151. The van der Waals surface area contributed by atoms with Crippen molar-refractivity contribution in [2.24, 2.45) is 0 Å². The van der Waals surface area contributed by atoms with Gasteiger partial charge in [-0.3, -0.25) is 4.79 Å². The van der Waals surface area contributed by atoms with Crippen LogP contribution >= 0.6 is 11.8 Å². The zero-order valence-electron chi connectivity index (χ0n) is 10.7. The van der Waals surface area contributed by atoms with Crippen LogP contribution in [0.2, 0.25) is 0 Å². The van der Waals surface area contributed by atoms with Crippen molar-refractivity contribution < 1.29 is 9.53 Å². The maximum atomic E-state index is 11.5. The molecule has 17 heavy (non-hydrogen) atoms. The first-order chi connectivity index (χ1) is 7.76. The van der Waals surface area contributed by atoms with Crippen molar-refractivity contribution in [1.29, 1.82) is 0 Å². The quantitative estimate of drug-likeness (QED) is 0.511. The topological polar surface area (TPSA) is 52.3 Å². The van der Waals surface area contributed by atoms with Gasteiger partial charge in [0.05, 0.1) is 5.75 Å². The molecule has 0 amide bonds. The minimum absolute atomic E-state index is 0.206. The number of esters is 1. The van der Waals surface area contributed by atoms with E-state index in [-0.39, 0.29) is 5.97 Å². The Kier molecular flexibility index (Phi) is 4.46. The average Bonchev–Trinajstić information content (AvgIpc) is 2.10. The molecule has 0 radical (unpaired) electrons. The predicted molar refractivity (Wildman–Crippen MR) is 72.2 cm³/mol. The summed E-state index contributed by atoms with van der Waals surface area (Å²) in [5, 5.41) is 0. The highest BCUT2D eigenvalue weighted by atomic mass is 32.2. The molecule has 0 atom stereocenters. The number of hydrogen-bond donors (Lipinski definition) is 1. The van der Waals surface area contributed by atoms with Crippen LogP contribution in [0.1, 0.15) is 26.3 Å². The Hall–Kier alpha value is -1.16. The maximum Gasteiger partial charge on any atom is 0.316 e. The van der Waals surface area contributed by atoms with Crippen LogP contribution in [0.25, 0.3) is 0 Å². The third-order valence-corrected chi connectivity index (χ3v) is 2.80. The molecule has 0 aromatic heterocycles. The highest BCUT2D eigenvalue weighted by Crippen LogP contribution is 2.23. The Morgan fingerprint density at radius 2 is 2.00 bits per heavy atom. The van der Waals surface area contributed by atoms with Crippen molar-refractivity contribution in [1.82, 2.24) is 0 Å². The molecule has 0 saturated carbocycles. The molecule has 0 heterocycles. The van der Waals surface area contributed by atoms with Gasteiger partial charge in [0.25, 0.3) is 0 Å². The molecule has 0 aliphatic heterocycles. The molecule has 2 N–H and O–H groups in total. The van der Waals surface area contributed by atoms with Crippen LogP contribution < -0.4 is 5.73 Å². The molecule has 0 unspecified atom stereocenters. The Bertz CT molecular complexity index is 390.